The third kappa shape index (κ3) is 2.16. The molecule has 0 bridgehead atoms. The molecule has 1 aliphatic rings. The number of hydrogen-bond donors (Lipinski definition) is 1. The molecule has 4 nitrogen and oxygen atoms in total. The van der Waals surface area contributed by atoms with E-state index in [1.54, 1.807) is 0 Å². The van der Waals surface area contributed by atoms with Crippen molar-refractivity contribution in [2.75, 3.05) is 6.54 Å². The van der Waals surface area contributed by atoms with Crippen LogP contribution in [0.5, 0.6) is 0 Å². The third-order valence-electron chi connectivity index (χ3n) is 3.41. The summed E-state index contributed by atoms with van der Waals surface area (Å²) >= 11 is 0. The van der Waals surface area contributed by atoms with E-state index in [-0.39, 0.29) is 6.04 Å². The Morgan fingerprint density at radius 2 is 2.11 bits per heavy atom. The zero-order chi connectivity index (χ0) is 12.4. The Morgan fingerprint density at radius 1 is 1.28 bits per heavy atom. The fourth-order valence-corrected chi connectivity index (χ4v) is 2.27. The Kier molecular flexibility index (Phi) is 3.11. The number of hydrogen-bond acceptors (Lipinski definition) is 4. The molecule has 94 valence electrons. The summed E-state index contributed by atoms with van der Waals surface area (Å²) in [6, 6.07) is 8.53. The van der Waals surface area contributed by atoms with Crippen LogP contribution in [0.1, 0.15) is 37.3 Å². The molecule has 1 aliphatic heterocycles. The number of rotatable bonds is 3. The van der Waals surface area contributed by atoms with E-state index in [0.717, 1.165) is 24.9 Å². The van der Waals surface area contributed by atoms with E-state index in [1.165, 1.54) is 12.0 Å². The molecule has 1 unspecified atom stereocenters. The van der Waals surface area contributed by atoms with Crippen LogP contribution in [0.3, 0.4) is 0 Å². The lowest BCUT2D eigenvalue weighted by atomic mass is 10.1. The summed E-state index contributed by atoms with van der Waals surface area (Å²) in [5.74, 6) is 1.32. The van der Waals surface area contributed by atoms with Crippen LogP contribution in [-0.4, -0.2) is 16.7 Å². The number of nitrogens with one attached hydrogen (secondary N) is 1. The zero-order valence-corrected chi connectivity index (χ0v) is 10.5. The summed E-state index contributed by atoms with van der Waals surface area (Å²) in [5.41, 5.74) is 2.31. The zero-order valence-electron chi connectivity index (χ0n) is 10.5. The Labute approximate surface area is 106 Å². The molecule has 4 heteroatoms. The first-order valence-electron chi connectivity index (χ1n) is 6.53. The van der Waals surface area contributed by atoms with Crippen LogP contribution in [0, 0.1) is 0 Å². The summed E-state index contributed by atoms with van der Waals surface area (Å²) in [4.78, 5) is 0. The number of benzene rings is 1. The molecule has 0 radical (unpaired) electrons. The first kappa shape index (κ1) is 11.4. The topological polar surface area (TPSA) is 51.0 Å². The summed E-state index contributed by atoms with van der Waals surface area (Å²) < 4.78 is 5.74. The average Bonchev–Trinajstić information content (AvgIpc) is 3.09. The standard InChI is InChI=1S/C14H17N3O/c1-2-10-5-7-11(8-6-10)13-16-17-14(18-13)12-4-3-9-15-12/h5-8,12,15H,2-4,9H2,1H3. The van der Waals surface area contributed by atoms with Crippen LogP contribution in [0.25, 0.3) is 11.5 Å². The molecule has 0 spiro atoms. The Bertz CT molecular complexity index is 512. The van der Waals surface area contributed by atoms with Gasteiger partial charge >= 0.3 is 0 Å². The second kappa shape index (κ2) is 4.90. The molecular weight excluding hydrogens is 226 g/mol. The van der Waals surface area contributed by atoms with Gasteiger partial charge in [0.15, 0.2) is 0 Å². The molecule has 1 fully saturated rings. The van der Waals surface area contributed by atoms with Gasteiger partial charge in [-0.05, 0) is 43.5 Å². The van der Waals surface area contributed by atoms with Gasteiger partial charge in [0.2, 0.25) is 11.8 Å². The van der Waals surface area contributed by atoms with Gasteiger partial charge in [-0.15, -0.1) is 10.2 Å². The molecule has 0 aliphatic carbocycles. The van der Waals surface area contributed by atoms with Gasteiger partial charge in [0.05, 0.1) is 6.04 Å². The van der Waals surface area contributed by atoms with Gasteiger partial charge in [0.1, 0.15) is 0 Å². The minimum atomic E-state index is 0.237. The summed E-state index contributed by atoms with van der Waals surface area (Å²) in [6.45, 7) is 3.18. The quantitative estimate of drug-likeness (QED) is 0.900. The van der Waals surface area contributed by atoms with E-state index >= 15 is 0 Å². The van der Waals surface area contributed by atoms with Crippen molar-refractivity contribution in [1.29, 1.82) is 0 Å². The minimum Gasteiger partial charge on any atom is -0.419 e. The molecular formula is C14H17N3O. The van der Waals surface area contributed by atoms with E-state index in [2.05, 4.69) is 34.6 Å². The van der Waals surface area contributed by atoms with Gasteiger partial charge in [-0.1, -0.05) is 19.1 Å². The fraction of sp³-hybridized carbons (Fsp3) is 0.429. The van der Waals surface area contributed by atoms with Crippen molar-refractivity contribution in [3.8, 4) is 11.5 Å². The maximum atomic E-state index is 5.74. The highest BCUT2D eigenvalue weighted by Crippen LogP contribution is 2.25. The third-order valence-corrected chi connectivity index (χ3v) is 3.41. The van der Waals surface area contributed by atoms with Crippen LogP contribution < -0.4 is 5.32 Å². The van der Waals surface area contributed by atoms with Gasteiger partial charge in [-0.25, -0.2) is 0 Å². The Balaban J connectivity index is 1.82. The second-order valence-corrected chi connectivity index (χ2v) is 4.64. The van der Waals surface area contributed by atoms with E-state index in [9.17, 15) is 0 Å². The smallest absolute Gasteiger partial charge is 0.247 e. The summed E-state index contributed by atoms with van der Waals surface area (Å²) in [5, 5.41) is 11.6. The number of aromatic nitrogens is 2. The predicted molar refractivity (Wildman–Crippen MR) is 69.1 cm³/mol. The first-order valence-corrected chi connectivity index (χ1v) is 6.53. The van der Waals surface area contributed by atoms with Gasteiger partial charge < -0.3 is 9.73 Å². The SMILES string of the molecule is CCc1ccc(-c2nnc(C3CCCN3)o2)cc1. The summed E-state index contributed by atoms with van der Waals surface area (Å²) in [6.07, 6.45) is 3.30. The monoisotopic (exact) mass is 243 g/mol. The van der Waals surface area contributed by atoms with Crippen molar-refractivity contribution in [1.82, 2.24) is 15.5 Å². The van der Waals surface area contributed by atoms with E-state index < -0.39 is 0 Å². The van der Waals surface area contributed by atoms with Crippen LogP contribution in [0.4, 0.5) is 0 Å². The van der Waals surface area contributed by atoms with Crippen LogP contribution >= 0.6 is 0 Å². The molecule has 1 atom stereocenters. The molecule has 0 amide bonds. The van der Waals surface area contributed by atoms with E-state index in [4.69, 9.17) is 4.42 Å². The molecule has 1 saturated heterocycles. The second-order valence-electron chi connectivity index (χ2n) is 4.64. The highest BCUT2D eigenvalue weighted by Gasteiger charge is 2.22. The molecule has 0 saturated carbocycles. The molecule has 2 aromatic rings. The molecule has 3 rings (SSSR count). The first-order chi connectivity index (χ1) is 8.86. The Morgan fingerprint density at radius 3 is 2.78 bits per heavy atom. The van der Waals surface area contributed by atoms with Crippen LogP contribution in [-0.2, 0) is 6.42 Å². The maximum Gasteiger partial charge on any atom is 0.247 e. The van der Waals surface area contributed by atoms with Crippen LogP contribution in [0.15, 0.2) is 28.7 Å². The molecule has 1 N–H and O–H groups in total. The minimum absolute atomic E-state index is 0.237. The van der Waals surface area contributed by atoms with Gasteiger partial charge in [0, 0.05) is 5.56 Å². The normalized spacial score (nSPS) is 19.3. The van der Waals surface area contributed by atoms with Crippen molar-refractivity contribution >= 4 is 0 Å². The van der Waals surface area contributed by atoms with Gasteiger partial charge in [0.25, 0.3) is 0 Å². The fourth-order valence-electron chi connectivity index (χ4n) is 2.27. The average molecular weight is 243 g/mol. The molecule has 1 aromatic carbocycles. The molecule has 2 heterocycles. The van der Waals surface area contributed by atoms with Gasteiger partial charge in [-0.2, -0.15) is 0 Å². The maximum absolute atomic E-state index is 5.74. The van der Waals surface area contributed by atoms with E-state index in [0.29, 0.717) is 11.8 Å². The van der Waals surface area contributed by atoms with Crippen molar-refractivity contribution in [3.63, 3.8) is 0 Å². The molecule has 1 aromatic heterocycles. The van der Waals surface area contributed by atoms with Crippen molar-refractivity contribution in [2.24, 2.45) is 0 Å². The van der Waals surface area contributed by atoms with Gasteiger partial charge in [-0.3, -0.25) is 0 Å². The summed E-state index contributed by atoms with van der Waals surface area (Å²) in [7, 11) is 0. The predicted octanol–water partition coefficient (Wildman–Crippen LogP) is 2.72. The number of nitrogens with zero attached hydrogens (tertiary/aromatic N) is 2. The van der Waals surface area contributed by atoms with Crippen molar-refractivity contribution in [2.45, 2.75) is 32.2 Å². The lowest BCUT2D eigenvalue weighted by Gasteiger charge is -2.02. The lowest BCUT2D eigenvalue weighted by molar-refractivity contribution is 0.437. The lowest BCUT2D eigenvalue weighted by Crippen LogP contribution is -2.12. The van der Waals surface area contributed by atoms with E-state index in [1.807, 2.05) is 12.1 Å². The number of aryl methyl sites for hydroxylation is 1. The highest BCUT2D eigenvalue weighted by molar-refractivity contribution is 5.53. The van der Waals surface area contributed by atoms with Crippen molar-refractivity contribution < 1.29 is 4.42 Å². The highest BCUT2D eigenvalue weighted by atomic mass is 16.4. The largest absolute Gasteiger partial charge is 0.419 e. The van der Waals surface area contributed by atoms with Crippen LogP contribution in [0.2, 0.25) is 0 Å². The Hall–Kier alpha value is -1.68. The van der Waals surface area contributed by atoms with Crippen molar-refractivity contribution in [3.05, 3.63) is 35.7 Å². The molecule has 18 heavy (non-hydrogen) atoms.